The van der Waals surface area contributed by atoms with Gasteiger partial charge < -0.3 is 14.9 Å². The molecule has 1 aromatic carbocycles. The molecule has 1 aliphatic rings. The zero-order valence-corrected chi connectivity index (χ0v) is 15.3. The summed E-state index contributed by atoms with van der Waals surface area (Å²) in [6.45, 7) is 1.76. The summed E-state index contributed by atoms with van der Waals surface area (Å²) < 4.78 is 12.3. The normalized spacial score (nSPS) is 23.6. The van der Waals surface area contributed by atoms with Gasteiger partial charge in [0.1, 0.15) is 22.7 Å². The molecule has 0 radical (unpaired) electrons. The largest absolute Gasteiger partial charge is 0.394 e. The summed E-state index contributed by atoms with van der Waals surface area (Å²) in [6.07, 6.45) is -1.13. The number of benzene rings is 1. The topological polar surface area (TPSA) is 80.4 Å². The highest BCUT2D eigenvalue weighted by Gasteiger charge is 2.36. The number of imidazole rings is 1. The molecule has 3 heterocycles. The Kier molecular flexibility index (Phi) is 4.79. The number of hydrogen-bond acceptors (Lipinski definition) is 7. The van der Waals surface area contributed by atoms with Crippen molar-refractivity contribution in [2.24, 2.45) is 0 Å². The summed E-state index contributed by atoms with van der Waals surface area (Å²) in [4.78, 5) is 5.71. The van der Waals surface area contributed by atoms with E-state index < -0.39 is 12.2 Å². The number of aromatic nitrogens is 3. The molecule has 0 bridgehead atoms. The molecular weight excluding hydrogens is 358 g/mol. The van der Waals surface area contributed by atoms with Gasteiger partial charge in [0, 0.05) is 12.2 Å². The maximum atomic E-state index is 10.1. The average Bonchev–Trinajstić information content (AvgIpc) is 3.28. The molecule has 8 heteroatoms. The van der Waals surface area contributed by atoms with Crippen LogP contribution in [-0.2, 0) is 10.5 Å². The van der Waals surface area contributed by atoms with Crippen molar-refractivity contribution in [3.05, 3.63) is 41.6 Å². The Labute approximate surface area is 153 Å². The third-order valence-corrected chi connectivity index (χ3v) is 6.28. The van der Waals surface area contributed by atoms with Crippen molar-refractivity contribution in [3.8, 4) is 0 Å². The molecule has 0 saturated carbocycles. The van der Waals surface area contributed by atoms with E-state index in [0.29, 0.717) is 6.42 Å². The van der Waals surface area contributed by atoms with Gasteiger partial charge in [0.15, 0.2) is 5.16 Å². The highest BCUT2D eigenvalue weighted by Crippen LogP contribution is 2.38. The van der Waals surface area contributed by atoms with Crippen LogP contribution in [0.2, 0.25) is 0 Å². The zero-order valence-electron chi connectivity index (χ0n) is 13.7. The molecule has 3 aromatic rings. The second kappa shape index (κ2) is 7.05. The summed E-state index contributed by atoms with van der Waals surface area (Å²) in [5.74, 6) is 0.802. The first-order chi connectivity index (χ1) is 12.2. The average molecular weight is 377 g/mol. The maximum absolute atomic E-state index is 10.1. The Morgan fingerprint density at radius 2 is 2.16 bits per heavy atom. The number of aliphatic hydroxyl groups excluding tert-OH is 2. The lowest BCUT2D eigenvalue weighted by Gasteiger charge is -2.16. The first-order valence-electron chi connectivity index (χ1n) is 8.12. The molecule has 3 atom stereocenters. The summed E-state index contributed by atoms with van der Waals surface area (Å²) in [6, 6.07) is 10.2. The van der Waals surface area contributed by atoms with Crippen LogP contribution in [0.4, 0.5) is 0 Å². The lowest BCUT2D eigenvalue weighted by molar-refractivity contribution is -0.0454. The Morgan fingerprint density at radius 1 is 1.36 bits per heavy atom. The number of aryl methyl sites for hydroxylation is 1. The van der Waals surface area contributed by atoms with E-state index in [1.165, 1.54) is 17.1 Å². The molecule has 25 heavy (non-hydrogen) atoms. The minimum atomic E-state index is -0.673. The molecule has 1 fully saturated rings. The standard InChI is InChI=1S/C17H19N3O3S2/c1-10-15-16(25-19-10)20(14-7-12(22)13(8-21)23-14)17(18-15)24-9-11-5-3-2-4-6-11/h2-6,12-14,21-22H,7-9H2,1H3/t12-,13+,14+/m0/s1. The van der Waals surface area contributed by atoms with Gasteiger partial charge >= 0.3 is 0 Å². The van der Waals surface area contributed by atoms with Crippen LogP contribution in [0.5, 0.6) is 0 Å². The second-order valence-corrected chi connectivity index (χ2v) is 7.77. The van der Waals surface area contributed by atoms with Crippen molar-refractivity contribution in [2.75, 3.05) is 6.61 Å². The molecule has 1 saturated heterocycles. The Hall–Kier alpha value is -1.45. The van der Waals surface area contributed by atoms with Gasteiger partial charge in [-0.05, 0) is 24.0 Å². The first-order valence-corrected chi connectivity index (χ1v) is 9.88. The highest BCUT2D eigenvalue weighted by atomic mass is 32.2. The van der Waals surface area contributed by atoms with Crippen LogP contribution in [0.3, 0.4) is 0 Å². The number of fused-ring (bicyclic) bond motifs is 1. The van der Waals surface area contributed by atoms with E-state index >= 15 is 0 Å². The molecule has 132 valence electrons. The minimum absolute atomic E-state index is 0.191. The number of hydrogen-bond donors (Lipinski definition) is 2. The molecule has 6 nitrogen and oxygen atoms in total. The van der Waals surface area contributed by atoms with Gasteiger partial charge in [-0.3, -0.25) is 4.57 Å². The van der Waals surface area contributed by atoms with Gasteiger partial charge in [-0.25, -0.2) is 4.98 Å². The molecule has 0 spiro atoms. The number of rotatable bonds is 5. The molecule has 2 aromatic heterocycles. The molecule has 0 unspecified atom stereocenters. The van der Waals surface area contributed by atoms with Gasteiger partial charge in [-0.15, -0.1) is 0 Å². The van der Waals surface area contributed by atoms with Gasteiger partial charge in [-0.2, -0.15) is 4.37 Å². The summed E-state index contributed by atoms with van der Waals surface area (Å²) >= 11 is 3.04. The fourth-order valence-electron chi connectivity index (χ4n) is 2.99. The van der Waals surface area contributed by atoms with Gasteiger partial charge in [-0.1, -0.05) is 42.1 Å². The first kappa shape index (κ1) is 17.0. The van der Waals surface area contributed by atoms with Crippen LogP contribution in [0.15, 0.2) is 35.5 Å². The van der Waals surface area contributed by atoms with Crippen LogP contribution >= 0.6 is 23.3 Å². The van der Waals surface area contributed by atoms with Gasteiger partial charge in [0.25, 0.3) is 0 Å². The van der Waals surface area contributed by atoms with Crippen molar-refractivity contribution < 1.29 is 14.9 Å². The van der Waals surface area contributed by atoms with Crippen molar-refractivity contribution in [2.45, 2.75) is 42.7 Å². The van der Waals surface area contributed by atoms with Gasteiger partial charge in [0.2, 0.25) is 0 Å². The number of aliphatic hydroxyl groups is 2. The predicted octanol–water partition coefficient (Wildman–Crippen LogP) is 2.73. The lowest BCUT2D eigenvalue weighted by atomic mass is 10.2. The quantitative estimate of drug-likeness (QED) is 0.666. The van der Waals surface area contributed by atoms with Crippen molar-refractivity contribution in [1.82, 2.24) is 13.9 Å². The zero-order chi connectivity index (χ0) is 17.4. The van der Waals surface area contributed by atoms with E-state index in [1.54, 1.807) is 11.8 Å². The Morgan fingerprint density at radius 3 is 2.88 bits per heavy atom. The predicted molar refractivity (Wildman–Crippen MR) is 97.8 cm³/mol. The highest BCUT2D eigenvalue weighted by molar-refractivity contribution is 7.98. The number of nitrogens with zero attached hydrogens (tertiary/aromatic N) is 3. The maximum Gasteiger partial charge on any atom is 0.172 e. The van der Waals surface area contributed by atoms with Crippen LogP contribution in [0.1, 0.15) is 23.9 Å². The van der Waals surface area contributed by atoms with Gasteiger partial charge in [0.05, 0.1) is 18.4 Å². The summed E-state index contributed by atoms with van der Waals surface area (Å²) in [7, 11) is 0. The lowest BCUT2D eigenvalue weighted by Crippen LogP contribution is -2.24. The Balaban J connectivity index is 1.66. The van der Waals surface area contributed by atoms with Crippen LogP contribution < -0.4 is 0 Å². The van der Waals surface area contributed by atoms with Crippen molar-refractivity contribution in [3.63, 3.8) is 0 Å². The molecule has 0 amide bonds. The fourth-order valence-corrected chi connectivity index (χ4v) is 4.92. The SMILES string of the molecule is Cc1nsc2c1nc(SCc1ccccc1)n2[C@H]1C[C@H](O)[C@@H](CO)O1. The monoisotopic (exact) mass is 377 g/mol. The molecule has 0 aliphatic carbocycles. The van der Waals surface area contributed by atoms with Crippen LogP contribution in [0, 0.1) is 6.92 Å². The molecule has 2 N–H and O–H groups in total. The minimum Gasteiger partial charge on any atom is -0.394 e. The molecular formula is C17H19N3O3S2. The van der Waals surface area contributed by atoms with Crippen LogP contribution in [0.25, 0.3) is 10.3 Å². The smallest absolute Gasteiger partial charge is 0.172 e. The second-order valence-electron chi connectivity index (χ2n) is 6.08. The number of thioether (sulfide) groups is 1. The fraction of sp³-hybridized carbons (Fsp3) is 0.412. The molecule has 1 aliphatic heterocycles. The van der Waals surface area contributed by atoms with E-state index in [4.69, 9.17) is 9.72 Å². The molecule has 4 rings (SSSR count). The van der Waals surface area contributed by atoms with Crippen LogP contribution in [-0.4, -0.2) is 43.0 Å². The van der Waals surface area contributed by atoms with E-state index in [9.17, 15) is 10.2 Å². The van der Waals surface area contributed by atoms with Crippen molar-refractivity contribution >= 4 is 33.6 Å². The van der Waals surface area contributed by atoms with E-state index in [-0.39, 0.29) is 12.8 Å². The third kappa shape index (κ3) is 3.20. The van der Waals surface area contributed by atoms with E-state index in [0.717, 1.165) is 27.0 Å². The summed E-state index contributed by atoms with van der Waals surface area (Å²) in [5.41, 5.74) is 3.00. The summed E-state index contributed by atoms with van der Waals surface area (Å²) in [5, 5.41) is 20.3. The third-order valence-electron chi connectivity index (χ3n) is 4.33. The van der Waals surface area contributed by atoms with Crippen molar-refractivity contribution in [1.29, 1.82) is 0 Å². The number of ether oxygens (including phenoxy) is 1. The van der Waals surface area contributed by atoms with E-state index in [2.05, 4.69) is 16.5 Å². The van der Waals surface area contributed by atoms with E-state index in [1.807, 2.05) is 29.7 Å². The Bertz CT molecular complexity index is 865.